The molecule has 1 amide bonds. The highest BCUT2D eigenvalue weighted by Crippen LogP contribution is 2.33. The lowest BCUT2D eigenvalue weighted by atomic mass is 9.96. The molecule has 0 spiro atoms. The first-order valence-corrected chi connectivity index (χ1v) is 13.0. The van der Waals surface area contributed by atoms with Crippen LogP contribution in [0.25, 0.3) is 16.8 Å². The van der Waals surface area contributed by atoms with Crippen LogP contribution in [0.5, 0.6) is 5.75 Å². The summed E-state index contributed by atoms with van der Waals surface area (Å²) in [4.78, 5) is 21.7. The minimum Gasteiger partial charge on any atom is -0.496 e. The Bertz CT molecular complexity index is 1590. The lowest BCUT2D eigenvalue weighted by Gasteiger charge is -2.31. The number of hydrogen-bond acceptors (Lipinski definition) is 9. The van der Waals surface area contributed by atoms with E-state index in [4.69, 9.17) is 9.47 Å². The second-order valence-electron chi connectivity index (χ2n) is 9.74. The highest BCUT2D eigenvalue weighted by atomic mass is 19.4. The Balaban J connectivity index is 1.49. The molecule has 4 aromatic rings. The molecule has 0 bridgehead atoms. The number of tetrazole rings is 1. The molecular formula is C28H28F3N7O4. The number of nitrogens with zero attached hydrogens (tertiary/aromatic N) is 7. The van der Waals surface area contributed by atoms with Gasteiger partial charge in [-0.3, -0.25) is 4.79 Å². The van der Waals surface area contributed by atoms with Crippen molar-refractivity contribution in [3.05, 3.63) is 77.2 Å². The Labute approximate surface area is 239 Å². The summed E-state index contributed by atoms with van der Waals surface area (Å²) in [6.45, 7) is 3.04. The molecule has 5 rings (SSSR count). The predicted molar refractivity (Wildman–Crippen MR) is 145 cm³/mol. The number of aryl methyl sites for hydroxylation is 1. The van der Waals surface area contributed by atoms with Gasteiger partial charge in [0.05, 0.1) is 31.5 Å². The van der Waals surface area contributed by atoms with E-state index in [9.17, 15) is 23.1 Å². The second-order valence-corrected chi connectivity index (χ2v) is 9.74. The number of β-amino-alcohol motifs (C(OH)–C–C–N with tert-alkyl or cyclic N) is 1. The number of carbonyl (C=O) groups excluding carboxylic acids is 1. The van der Waals surface area contributed by atoms with E-state index in [2.05, 4.69) is 20.5 Å². The molecule has 1 saturated heterocycles. The van der Waals surface area contributed by atoms with E-state index < -0.39 is 18.3 Å². The number of aromatic nitrogens is 5. The van der Waals surface area contributed by atoms with Gasteiger partial charge in [0.1, 0.15) is 11.6 Å². The fourth-order valence-corrected chi connectivity index (χ4v) is 4.82. The van der Waals surface area contributed by atoms with Crippen LogP contribution >= 0.6 is 0 Å². The quantitative estimate of drug-likeness (QED) is 0.349. The molecule has 0 aliphatic carbocycles. The second kappa shape index (κ2) is 11.7. The molecule has 2 aromatic carbocycles. The predicted octanol–water partition coefficient (Wildman–Crippen LogP) is 3.49. The van der Waals surface area contributed by atoms with Crippen molar-refractivity contribution in [2.24, 2.45) is 0 Å². The smallest absolute Gasteiger partial charge is 0.453 e. The van der Waals surface area contributed by atoms with Gasteiger partial charge in [0.25, 0.3) is 11.7 Å². The SMILES string of the molecule is COc1ccc(-n2nnnc2C(F)(F)F)cc1CN(C)C(=O)c1cnc(N2CCOC(O)C2)cc1-c1ccccc1C. The molecule has 42 heavy (non-hydrogen) atoms. The van der Waals surface area contributed by atoms with Gasteiger partial charge in [0.15, 0.2) is 6.29 Å². The maximum atomic E-state index is 13.9. The number of rotatable bonds is 7. The standard InChI is InChI=1S/C28H28F3N7O4/c1-17-6-4-5-7-20(17)21-13-24(37-10-11-42-25(39)16-37)32-14-22(21)26(40)36(2)15-18-12-19(8-9-23(18)41-3)38-27(28(29,30)31)33-34-35-38/h4-9,12-14,25,39H,10-11,15-16H2,1-3H3. The van der Waals surface area contributed by atoms with Gasteiger partial charge in [-0.1, -0.05) is 24.3 Å². The van der Waals surface area contributed by atoms with Crippen LogP contribution in [0, 0.1) is 6.92 Å². The molecule has 0 radical (unpaired) electrons. The molecule has 1 fully saturated rings. The molecule has 0 saturated carbocycles. The molecule has 3 heterocycles. The van der Waals surface area contributed by atoms with Crippen LogP contribution in [0.2, 0.25) is 0 Å². The number of amides is 1. The summed E-state index contributed by atoms with van der Waals surface area (Å²) in [6.07, 6.45) is -4.20. The molecule has 1 atom stereocenters. The summed E-state index contributed by atoms with van der Waals surface area (Å²) >= 11 is 0. The summed E-state index contributed by atoms with van der Waals surface area (Å²) in [6, 6.07) is 13.8. The molecule has 1 aliphatic heterocycles. The number of aliphatic hydroxyl groups excluding tert-OH is 1. The minimum atomic E-state index is -4.76. The third-order valence-electron chi connectivity index (χ3n) is 6.91. The van der Waals surface area contributed by atoms with Gasteiger partial charge in [0.2, 0.25) is 0 Å². The molecule has 1 N–H and O–H groups in total. The van der Waals surface area contributed by atoms with Crippen molar-refractivity contribution in [1.29, 1.82) is 0 Å². The first-order chi connectivity index (χ1) is 20.1. The van der Waals surface area contributed by atoms with Crippen LogP contribution in [0.15, 0.2) is 54.7 Å². The number of hydrogen-bond donors (Lipinski definition) is 1. The maximum absolute atomic E-state index is 13.9. The molecule has 1 unspecified atom stereocenters. The zero-order valence-corrected chi connectivity index (χ0v) is 23.0. The fourth-order valence-electron chi connectivity index (χ4n) is 4.82. The lowest BCUT2D eigenvalue weighted by Crippen LogP contribution is -2.42. The number of carbonyl (C=O) groups is 1. The number of morpholine rings is 1. The third kappa shape index (κ3) is 5.90. The number of benzene rings is 2. The van der Waals surface area contributed by atoms with Crippen molar-refractivity contribution in [2.45, 2.75) is 25.9 Å². The maximum Gasteiger partial charge on any atom is 0.453 e. The summed E-state index contributed by atoms with van der Waals surface area (Å²) in [5.74, 6) is -0.672. The van der Waals surface area contributed by atoms with Gasteiger partial charge in [-0.05, 0) is 58.3 Å². The number of methoxy groups -OCH3 is 1. The number of halogens is 3. The van der Waals surface area contributed by atoms with E-state index >= 15 is 0 Å². The monoisotopic (exact) mass is 583 g/mol. The number of aliphatic hydroxyl groups is 1. The molecule has 14 heteroatoms. The Morgan fingerprint density at radius 2 is 1.98 bits per heavy atom. The number of ether oxygens (including phenoxy) is 2. The van der Waals surface area contributed by atoms with E-state index in [1.165, 1.54) is 36.4 Å². The Kier molecular flexibility index (Phi) is 8.09. The first kappa shape index (κ1) is 29.0. The molecular weight excluding hydrogens is 555 g/mol. The van der Waals surface area contributed by atoms with Crippen molar-refractivity contribution < 1.29 is 32.5 Å². The normalized spacial score (nSPS) is 15.5. The average molecular weight is 584 g/mol. The van der Waals surface area contributed by atoms with Crippen LogP contribution in [-0.4, -0.2) is 81.2 Å². The van der Waals surface area contributed by atoms with E-state index in [1.807, 2.05) is 42.2 Å². The van der Waals surface area contributed by atoms with Crippen molar-refractivity contribution >= 4 is 11.7 Å². The average Bonchev–Trinajstić information content (AvgIpc) is 3.48. The van der Waals surface area contributed by atoms with Crippen molar-refractivity contribution in [2.75, 3.05) is 38.8 Å². The van der Waals surface area contributed by atoms with Crippen LogP contribution < -0.4 is 9.64 Å². The molecule has 220 valence electrons. The zero-order chi connectivity index (χ0) is 30.0. The van der Waals surface area contributed by atoms with Gasteiger partial charge in [-0.25, -0.2) is 4.98 Å². The van der Waals surface area contributed by atoms with Gasteiger partial charge in [-0.2, -0.15) is 17.9 Å². The fraction of sp³-hybridized carbons (Fsp3) is 0.321. The molecule has 1 aliphatic rings. The number of pyridine rings is 1. The molecule has 2 aromatic heterocycles. The largest absolute Gasteiger partial charge is 0.496 e. The van der Waals surface area contributed by atoms with E-state index in [1.54, 1.807) is 7.05 Å². The van der Waals surface area contributed by atoms with Gasteiger partial charge in [0, 0.05) is 31.9 Å². The first-order valence-electron chi connectivity index (χ1n) is 13.0. The van der Waals surface area contributed by atoms with Crippen LogP contribution in [-0.2, 0) is 17.5 Å². The summed E-state index contributed by atoms with van der Waals surface area (Å²) < 4.78 is 51.5. The van der Waals surface area contributed by atoms with E-state index in [-0.39, 0.29) is 24.7 Å². The van der Waals surface area contributed by atoms with Gasteiger partial charge < -0.3 is 24.4 Å². The third-order valence-corrected chi connectivity index (χ3v) is 6.91. The Morgan fingerprint density at radius 3 is 2.69 bits per heavy atom. The van der Waals surface area contributed by atoms with Gasteiger partial charge in [-0.15, -0.1) is 5.10 Å². The van der Waals surface area contributed by atoms with Crippen molar-refractivity contribution in [3.63, 3.8) is 0 Å². The van der Waals surface area contributed by atoms with Crippen LogP contribution in [0.1, 0.15) is 27.3 Å². The number of anilines is 1. The van der Waals surface area contributed by atoms with E-state index in [0.29, 0.717) is 46.1 Å². The van der Waals surface area contributed by atoms with Crippen molar-refractivity contribution in [3.8, 4) is 22.6 Å². The lowest BCUT2D eigenvalue weighted by molar-refractivity contribution is -0.146. The number of alkyl halides is 3. The summed E-state index contributed by atoms with van der Waals surface area (Å²) in [7, 11) is 3.01. The summed E-state index contributed by atoms with van der Waals surface area (Å²) in [5, 5.41) is 19.7. The van der Waals surface area contributed by atoms with Crippen molar-refractivity contribution in [1.82, 2.24) is 30.1 Å². The van der Waals surface area contributed by atoms with E-state index in [0.717, 1.165) is 11.1 Å². The summed E-state index contributed by atoms with van der Waals surface area (Å²) in [5.41, 5.74) is 3.27. The van der Waals surface area contributed by atoms with Crippen LogP contribution in [0.3, 0.4) is 0 Å². The minimum absolute atomic E-state index is 0.00391. The highest BCUT2D eigenvalue weighted by molar-refractivity contribution is 6.01. The Hall–Kier alpha value is -4.56. The van der Waals surface area contributed by atoms with Crippen LogP contribution in [0.4, 0.5) is 19.0 Å². The highest BCUT2D eigenvalue weighted by Gasteiger charge is 2.38. The van der Waals surface area contributed by atoms with Gasteiger partial charge >= 0.3 is 6.18 Å². The topological polar surface area (TPSA) is 119 Å². The zero-order valence-electron chi connectivity index (χ0n) is 23.0. The molecule has 11 nitrogen and oxygen atoms in total. The Morgan fingerprint density at radius 1 is 1.19 bits per heavy atom.